The van der Waals surface area contributed by atoms with E-state index in [0.717, 1.165) is 6.54 Å². The summed E-state index contributed by atoms with van der Waals surface area (Å²) in [4.78, 5) is 0. The molecular weight excluding hydrogens is 268 g/mol. The van der Waals surface area contributed by atoms with Crippen LogP contribution in [-0.2, 0) is 12.0 Å². The molecule has 112 valence electrons. The molecule has 3 aromatic rings. The van der Waals surface area contributed by atoms with Gasteiger partial charge in [-0.25, -0.2) is 9.13 Å². The van der Waals surface area contributed by atoms with Gasteiger partial charge in [0.05, 0.1) is 6.20 Å². The normalized spacial score (nSPS) is 11.8. The van der Waals surface area contributed by atoms with E-state index < -0.39 is 0 Å². The van der Waals surface area contributed by atoms with Crippen LogP contribution in [0.15, 0.2) is 61.4 Å². The van der Waals surface area contributed by atoms with Crippen molar-refractivity contribution in [2.75, 3.05) is 0 Å². The van der Waals surface area contributed by atoms with Crippen molar-refractivity contribution < 1.29 is 4.57 Å². The highest BCUT2D eigenvalue weighted by atomic mass is 15.1. The lowest BCUT2D eigenvalue weighted by Gasteiger charge is -2.18. The molecule has 0 saturated carbocycles. The number of imidazole rings is 1. The average Bonchev–Trinajstić information content (AvgIpc) is 2.85. The molecule has 0 unspecified atom stereocenters. The van der Waals surface area contributed by atoms with Crippen LogP contribution in [0.3, 0.4) is 0 Å². The van der Waals surface area contributed by atoms with Crippen LogP contribution < -0.4 is 4.57 Å². The first kappa shape index (κ1) is 14.6. The van der Waals surface area contributed by atoms with Crippen molar-refractivity contribution in [1.29, 1.82) is 0 Å². The average molecular weight is 291 g/mol. The highest BCUT2D eigenvalue weighted by Crippen LogP contribution is 2.22. The summed E-state index contributed by atoms with van der Waals surface area (Å²) < 4.78 is 4.34. The molecule has 0 bridgehead atoms. The largest absolute Gasteiger partial charge is 0.249 e. The molecule has 0 atom stereocenters. The van der Waals surface area contributed by atoms with Crippen molar-refractivity contribution in [3.8, 4) is 0 Å². The third-order valence-corrected chi connectivity index (χ3v) is 4.10. The minimum atomic E-state index is 0.199. The Kier molecular flexibility index (Phi) is 3.61. The number of benzene rings is 2. The number of nitrogens with zero attached hydrogens (tertiary/aromatic N) is 2. The fraction of sp³-hybridized carbons (Fsp3) is 0.250. The van der Waals surface area contributed by atoms with Crippen LogP contribution in [0, 0.1) is 0 Å². The molecule has 0 aliphatic rings. The molecule has 2 heteroatoms. The van der Waals surface area contributed by atoms with Gasteiger partial charge in [0, 0.05) is 0 Å². The van der Waals surface area contributed by atoms with Crippen molar-refractivity contribution >= 4 is 17.2 Å². The van der Waals surface area contributed by atoms with Gasteiger partial charge in [0.25, 0.3) is 0 Å². The van der Waals surface area contributed by atoms with Gasteiger partial charge >= 0.3 is 0 Å². The molecule has 0 aliphatic carbocycles. The predicted octanol–water partition coefficient (Wildman–Crippen LogP) is 4.38. The van der Waals surface area contributed by atoms with Crippen LogP contribution in [-0.4, -0.2) is 4.57 Å². The van der Waals surface area contributed by atoms with Gasteiger partial charge in [0.1, 0.15) is 6.54 Å². The maximum absolute atomic E-state index is 3.89. The zero-order chi connectivity index (χ0) is 15.7. The Labute approximate surface area is 132 Å². The smallest absolute Gasteiger partial charge is 0.225 e. The van der Waals surface area contributed by atoms with Gasteiger partial charge in [-0.2, -0.15) is 0 Å². The fourth-order valence-corrected chi connectivity index (χ4v) is 2.78. The zero-order valence-electron chi connectivity index (χ0n) is 13.6. The van der Waals surface area contributed by atoms with Crippen molar-refractivity contribution in [2.45, 2.75) is 32.7 Å². The molecule has 0 aliphatic heterocycles. The van der Waals surface area contributed by atoms with E-state index in [-0.39, 0.29) is 5.41 Å². The van der Waals surface area contributed by atoms with Crippen LogP contribution in [0.4, 0.5) is 0 Å². The lowest BCUT2D eigenvalue weighted by Crippen LogP contribution is -2.32. The summed E-state index contributed by atoms with van der Waals surface area (Å²) in [5.74, 6) is 0. The zero-order valence-corrected chi connectivity index (χ0v) is 13.6. The summed E-state index contributed by atoms with van der Waals surface area (Å²) in [7, 11) is 0. The molecule has 0 radical (unpaired) electrons. The molecule has 1 aromatic heterocycles. The topological polar surface area (TPSA) is 8.81 Å². The molecule has 0 amide bonds. The molecule has 0 spiro atoms. The third kappa shape index (κ3) is 2.69. The molecule has 2 aromatic carbocycles. The van der Waals surface area contributed by atoms with Crippen LogP contribution in [0.25, 0.3) is 17.2 Å². The van der Waals surface area contributed by atoms with E-state index in [9.17, 15) is 0 Å². The lowest BCUT2D eigenvalue weighted by atomic mass is 9.87. The van der Waals surface area contributed by atoms with E-state index in [1.807, 2.05) is 6.20 Å². The monoisotopic (exact) mass is 291 g/mol. The maximum Gasteiger partial charge on any atom is 0.249 e. The molecule has 1 heterocycles. The Bertz CT molecular complexity index is 802. The standard InChI is InChI=1S/C20H23N2/c1-5-21-15-22(19-9-7-6-8-18(19)21)14-16-10-12-17(13-11-16)20(2,3)4/h5-13,15H,1,14H2,2-4H3/q+1. The maximum atomic E-state index is 3.89. The second-order valence-electron chi connectivity index (χ2n) is 6.77. The van der Waals surface area contributed by atoms with Crippen LogP contribution in [0.1, 0.15) is 31.9 Å². The summed E-state index contributed by atoms with van der Waals surface area (Å²) in [6, 6.07) is 17.3. The van der Waals surface area contributed by atoms with E-state index in [0.29, 0.717) is 0 Å². The van der Waals surface area contributed by atoms with Gasteiger partial charge in [0.15, 0.2) is 11.0 Å². The molecule has 0 saturated heterocycles. The number of aromatic nitrogens is 2. The first-order valence-electron chi connectivity index (χ1n) is 7.70. The van der Waals surface area contributed by atoms with Crippen molar-refractivity contribution in [1.82, 2.24) is 4.57 Å². The van der Waals surface area contributed by atoms with Crippen LogP contribution in [0.5, 0.6) is 0 Å². The third-order valence-electron chi connectivity index (χ3n) is 4.10. The number of fused-ring (bicyclic) bond motifs is 1. The highest BCUT2D eigenvalue weighted by Gasteiger charge is 2.15. The first-order chi connectivity index (χ1) is 10.5. The van der Waals surface area contributed by atoms with Gasteiger partial charge in [-0.1, -0.05) is 63.7 Å². The van der Waals surface area contributed by atoms with E-state index in [4.69, 9.17) is 0 Å². The minimum Gasteiger partial charge on any atom is -0.225 e. The van der Waals surface area contributed by atoms with E-state index >= 15 is 0 Å². The molecule has 0 fully saturated rings. The lowest BCUT2D eigenvalue weighted by molar-refractivity contribution is -0.662. The van der Waals surface area contributed by atoms with Crippen molar-refractivity contribution in [2.24, 2.45) is 0 Å². The van der Waals surface area contributed by atoms with Crippen LogP contribution >= 0.6 is 0 Å². The second-order valence-corrected chi connectivity index (χ2v) is 6.77. The molecule has 2 nitrogen and oxygen atoms in total. The Balaban J connectivity index is 1.95. The molecule has 22 heavy (non-hydrogen) atoms. The summed E-state index contributed by atoms with van der Waals surface area (Å²) in [6.45, 7) is 11.5. The Morgan fingerprint density at radius 1 is 1.05 bits per heavy atom. The molecular formula is C20H23N2+. The Morgan fingerprint density at radius 3 is 2.36 bits per heavy atom. The summed E-state index contributed by atoms with van der Waals surface area (Å²) in [5.41, 5.74) is 5.29. The van der Waals surface area contributed by atoms with Gasteiger partial charge in [-0.05, 0) is 28.7 Å². The van der Waals surface area contributed by atoms with Gasteiger partial charge in [-0.15, -0.1) is 0 Å². The SMILES string of the molecule is C=Cn1c[n+](Cc2ccc(C(C)(C)C)cc2)c2ccccc21. The Hall–Kier alpha value is -2.35. The predicted molar refractivity (Wildman–Crippen MR) is 92.8 cm³/mol. The number of para-hydroxylation sites is 2. The fourth-order valence-electron chi connectivity index (χ4n) is 2.78. The van der Waals surface area contributed by atoms with E-state index in [1.54, 1.807) is 0 Å². The number of hydrogen-bond acceptors (Lipinski definition) is 0. The summed E-state index contributed by atoms with van der Waals surface area (Å²) in [6.07, 6.45) is 3.96. The van der Waals surface area contributed by atoms with Crippen molar-refractivity contribution in [3.63, 3.8) is 0 Å². The quantitative estimate of drug-likeness (QED) is 0.633. The van der Waals surface area contributed by atoms with E-state index in [1.165, 1.54) is 22.2 Å². The van der Waals surface area contributed by atoms with Gasteiger partial charge in [0.2, 0.25) is 6.33 Å². The first-order valence-corrected chi connectivity index (χ1v) is 7.70. The highest BCUT2D eigenvalue weighted by molar-refractivity contribution is 5.73. The number of rotatable bonds is 3. The van der Waals surface area contributed by atoms with Gasteiger partial charge < -0.3 is 0 Å². The van der Waals surface area contributed by atoms with Gasteiger partial charge in [-0.3, -0.25) is 0 Å². The van der Waals surface area contributed by atoms with Crippen LogP contribution in [0.2, 0.25) is 0 Å². The molecule has 0 N–H and O–H groups in total. The minimum absolute atomic E-state index is 0.199. The van der Waals surface area contributed by atoms with E-state index in [2.05, 4.69) is 91.3 Å². The Morgan fingerprint density at radius 2 is 1.73 bits per heavy atom. The second kappa shape index (κ2) is 5.45. The van der Waals surface area contributed by atoms with Crippen molar-refractivity contribution in [3.05, 3.63) is 72.6 Å². The molecule has 3 rings (SSSR count). The summed E-state index contributed by atoms with van der Waals surface area (Å²) >= 11 is 0. The number of hydrogen-bond donors (Lipinski definition) is 0. The summed E-state index contributed by atoms with van der Waals surface area (Å²) in [5, 5.41) is 0.